The van der Waals surface area contributed by atoms with Crippen molar-refractivity contribution in [3.8, 4) is 0 Å². The first kappa shape index (κ1) is 16.2. The monoisotopic (exact) mass is 370 g/mol. The summed E-state index contributed by atoms with van der Waals surface area (Å²) in [5, 5.41) is 20.7. The molecule has 0 radical (unpaired) electrons. The molecule has 0 aliphatic carbocycles. The van der Waals surface area contributed by atoms with Crippen LogP contribution >= 0.6 is 0 Å². The number of ether oxygens (including phenoxy) is 1. The quantitative estimate of drug-likeness (QED) is 0.758. The standard InChI is InChI=1S/C17H22O4Se/c1-17(20)10-14-15(22-11-5-3-2-4-6-11)9-13(21-14)12(18)7-8-16(17)19/h2-6,13-16,19-20H,7-10H2,1H3/t13?,14?,15-,16-,17+/m0/s1. The van der Waals surface area contributed by atoms with Crippen molar-refractivity contribution in [2.75, 3.05) is 0 Å². The van der Waals surface area contributed by atoms with E-state index in [9.17, 15) is 15.0 Å². The Morgan fingerprint density at radius 1 is 1.32 bits per heavy atom. The molecule has 5 atom stereocenters. The number of carbonyl (C=O) groups is 1. The summed E-state index contributed by atoms with van der Waals surface area (Å²) < 4.78 is 7.24. The normalized spacial score (nSPS) is 39.1. The van der Waals surface area contributed by atoms with E-state index in [1.807, 2.05) is 18.2 Å². The molecule has 1 aromatic rings. The summed E-state index contributed by atoms with van der Waals surface area (Å²) in [6.07, 6.45) is 0.330. The molecular formula is C17H22O4Se. The second-order valence-corrected chi connectivity index (χ2v) is 9.20. The number of hydrogen-bond acceptors (Lipinski definition) is 4. The summed E-state index contributed by atoms with van der Waals surface area (Å²) >= 11 is 0.196. The van der Waals surface area contributed by atoms with Gasteiger partial charge in [-0.25, -0.2) is 0 Å². The van der Waals surface area contributed by atoms with E-state index in [1.54, 1.807) is 6.92 Å². The number of rotatable bonds is 2. The van der Waals surface area contributed by atoms with Crippen molar-refractivity contribution in [2.45, 2.75) is 61.3 Å². The van der Waals surface area contributed by atoms with Crippen LogP contribution in [0.3, 0.4) is 0 Å². The number of ketones is 1. The number of aliphatic hydroxyl groups is 2. The predicted octanol–water partition coefficient (Wildman–Crippen LogP) is 0.827. The zero-order valence-corrected chi connectivity index (χ0v) is 14.4. The number of benzene rings is 1. The third-order valence-electron chi connectivity index (χ3n) is 4.59. The Morgan fingerprint density at radius 2 is 2.05 bits per heavy atom. The maximum atomic E-state index is 12.2. The Labute approximate surface area is 137 Å². The first-order valence-electron chi connectivity index (χ1n) is 7.76. The minimum atomic E-state index is -1.20. The van der Waals surface area contributed by atoms with E-state index in [2.05, 4.69) is 12.1 Å². The average Bonchev–Trinajstić information content (AvgIpc) is 2.88. The van der Waals surface area contributed by atoms with Crippen molar-refractivity contribution in [3.05, 3.63) is 30.3 Å². The Morgan fingerprint density at radius 3 is 2.77 bits per heavy atom. The van der Waals surface area contributed by atoms with Crippen molar-refractivity contribution < 1.29 is 19.7 Å². The number of Topliss-reactive ketones (excluding diaryl/α,β-unsaturated/α-hetero) is 1. The summed E-state index contributed by atoms with van der Waals surface area (Å²) in [5.74, 6) is 0.0631. The van der Waals surface area contributed by atoms with Crippen molar-refractivity contribution in [3.63, 3.8) is 0 Å². The van der Waals surface area contributed by atoms with Crippen LogP contribution in [-0.2, 0) is 9.53 Å². The zero-order chi connectivity index (χ0) is 15.7. The van der Waals surface area contributed by atoms with Crippen molar-refractivity contribution in [1.82, 2.24) is 0 Å². The van der Waals surface area contributed by atoms with Crippen LogP contribution in [-0.4, -0.2) is 54.9 Å². The summed E-state index contributed by atoms with van der Waals surface area (Å²) in [7, 11) is 0. The van der Waals surface area contributed by atoms with Gasteiger partial charge in [-0.3, -0.25) is 0 Å². The average molecular weight is 369 g/mol. The molecule has 120 valence electrons. The fourth-order valence-corrected chi connectivity index (χ4v) is 5.81. The molecule has 22 heavy (non-hydrogen) atoms. The van der Waals surface area contributed by atoms with E-state index < -0.39 is 11.7 Å². The van der Waals surface area contributed by atoms with E-state index >= 15 is 0 Å². The topological polar surface area (TPSA) is 66.8 Å². The molecule has 1 aromatic carbocycles. The van der Waals surface area contributed by atoms with Crippen LogP contribution in [0.2, 0.25) is 4.82 Å². The fourth-order valence-electron chi connectivity index (χ4n) is 3.20. The number of hydrogen-bond donors (Lipinski definition) is 2. The van der Waals surface area contributed by atoms with Gasteiger partial charge in [-0.2, -0.15) is 0 Å². The van der Waals surface area contributed by atoms with Gasteiger partial charge in [0, 0.05) is 0 Å². The molecule has 3 rings (SSSR count). The Balaban J connectivity index is 1.80. The first-order valence-corrected chi connectivity index (χ1v) is 9.60. The van der Waals surface area contributed by atoms with Crippen LogP contribution in [0.15, 0.2) is 30.3 Å². The van der Waals surface area contributed by atoms with Crippen LogP contribution in [0, 0.1) is 0 Å². The Bertz CT molecular complexity index is 531. The molecule has 5 heteroatoms. The van der Waals surface area contributed by atoms with Gasteiger partial charge in [-0.1, -0.05) is 0 Å². The SMILES string of the molecule is C[C@@]1(O)CC2OC(C[C@@H]2[Se]c2ccccc2)C(=O)CC[C@@H]1O. The second-order valence-electron chi connectivity index (χ2n) is 6.45. The van der Waals surface area contributed by atoms with Gasteiger partial charge < -0.3 is 0 Å². The van der Waals surface area contributed by atoms with E-state index in [4.69, 9.17) is 4.74 Å². The molecule has 2 heterocycles. The van der Waals surface area contributed by atoms with Crippen LogP contribution in [0.25, 0.3) is 0 Å². The molecule has 2 unspecified atom stereocenters. The van der Waals surface area contributed by atoms with Gasteiger partial charge in [0.1, 0.15) is 0 Å². The van der Waals surface area contributed by atoms with Crippen LogP contribution < -0.4 is 4.46 Å². The summed E-state index contributed by atoms with van der Waals surface area (Å²) in [4.78, 5) is 12.5. The summed E-state index contributed by atoms with van der Waals surface area (Å²) in [6.45, 7) is 1.65. The van der Waals surface area contributed by atoms with E-state index in [1.165, 1.54) is 4.46 Å². The van der Waals surface area contributed by atoms with Crippen LogP contribution in [0.5, 0.6) is 0 Å². The third-order valence-corrected chi connectivity index (χ3v) is 7.40. The van der Waals surface area contributed by atoms with Crippen molar-refractivity contribution in [1.29, 1.82) is 0 Å². The molecule has 0 saturated carbocycles. The van der Waals surface area contributed by atoms with Crippen LogP contribution in [0.1, 0.15) is 32.6 Å². The minimum absolute atomic E-state index is 0.0631. The summed E-state index contributed by atoms with van der Waals surface area (Å²) in [6, 6.07) is 10.2. The first-order chi connectivity index (χ1) is 10.5. The molecule has 0 aromatic heterocycles. The van der Waals surface area contributed by atoms with Gasteiger partial charge in [0.25, 0.3) is 0 Å². The molecule has 2 aliphatic heterocycles. The molecule has 2 bridgehead atoms. The molecule has 2 saturated heterocycles. The maximum absolute atomic E-state index is 12.2. The summed E-state index contributed by atoms with van der Waals surface area (Å²) in [5.41, 5.74) is -1.20. The molecule has 2 N–H and O–H groups in total. The number of aliphatic hydroxyl groups excluding tert-OH is 1. The van der Waals surface area contributed by atoms with E-state index in [-0.39, 0.29) is 44.2 Å². The fraction of sp³-hybridized carbons (Fsp3) is 0.588. The van der Waals surface area contributed by atoms with Crippen LogP contribution in [0.4, 0.5) is 0 Å². The Kier molecular flexibility index (Phi) is 4.72. The molecule has 4 nitrogen and oxygen atoms in total. The van der Waals surface area contributed by atoms with E-state index in [0.29, 0.717) is 12.8 Å². The van der Waals surface area contributed by atoms with Gasteiger partial charge in [0.05, 0.1) is 0 Å². The Hall–Kier alpha value is -0.711. The van der Waals surface area contributed by atoms with E-state index in [0.717, 1.165) is 6.42 Å². The molecular weight excluding hydrogens is 347 g/mol. The van der Waals surface area contributed by atoms with Crippen molar-refractivity contribution in [2.24, 2.45) is 0 Å². The van der Waals surface area contributed by atoms with Gasteiger partial charge in [-0.05, 0) is 0 Å². The number of carbonyl (C=O) groups excluding carboxylic acids is 1. The molecule has 0 amide bonds. The van der Waals surface area contributed by atoms with Gasteiger partial charge >= 0.3 is 137 Å². The van der Waals surface area contributed by atoms with Gasteiger partial charge in [0.2, 0.25) is 0 Å². The third kappa shape index (κ3) is 3.44. The predicted molar refractivity (Wildman–Crippen MR) is 84.3 cm³/mol. The number of fused-ring (bicyclic) bond motifs is 2. The van der Waals surface area contributed by atoms with Gasteiger partial charge in [0.15, 0.2) is 0 Å². The van der Waals surface area contributed by atoms with Crippen molar-refractivity contribution >= 4 is 25.2 Å². The zero-order valence-electron chi connectivity index (χ0n) is 12.6. The molecule has 0 spiro atoms. The molecule has 2 aliphatic rings. The second kappa shape index (κ2) is 6.42. The van der Waals surface area contributed by atoms with Gasteiger partial charge in [-0.15, -0.1) is 0 Å². The molecule has 2 fully saturated rings.